The van der Waals surface area contributed by atoms with Gasteiger partial charge in [0.2, 0.25) is 0 Å². The topological polar surface area (TPSA) is 84.5 Å². The number of non-ortho nitro benzene ring substituents is 1. The monoisotopic (exact) mass is 577 g/mol. The van der Waals surface area contributed by atoms with E-state index in [0.29, 0.717) is 53.8 Å². The molecule has 0 atom stereocenters. The average molecular weight is 578 g/mol. The molecule has 210 valence electrons. The molecule has 2 heterocycles. The smallest absolute Gasteiger partial charge is 0.272 e. The summed E-state index contributed by atoms with van der Waals surface area (Å²) in [6.45, 7) is 2.53. The van der Waals surface area contributed by atoms with Gasteiger partial charge in [0.15, 0.2) is 0 Å². The van der Waals surface area contributed by atoms with E-state index in [1.54, 1.807) is 35.0 Å². The third kappa shape index (κ3) is 5.68. The van der Waals surface area contributed by atoms with Crippen LogP contribution in [0.3, 0.4) is 0 Å². The van der Waals surface area contributed by atoms with Crippen LogP contribution in [0.4, 0.5) is 5.69 Å². The standard InChI is InChI=1S/C33H28ClN5O3/c34-27-12-7-13-29(22-27)38-31(23-30(35-38)24-14-16-28(17-15-24)39(41)42)33(40)37-20-18-36(19-21-37)32(25-8-3-1-4-9-25)26-10-5-2-6-11-26/h1-17,22-23,32H,18-21H2. The minimum Gasteiger partial charge on any atom is -0.335 e. The maximum atomic E-state index is 14.0. The van der Waals surface area contributed by atoms with Gasteiger partial charge in [0.25, 0.3) is 11.6 Å². The van der Waals surface area contributed by atoms with Crippen molar-refractivity contribution >= 4 is 23.2 Å². The van der Waals surface area contributed by atoms with Crippen LogP contribution >= 0.6 is 11.6 Å². The SMILES string of the molecule is O=C(c1cc(-c2ccc([N+](=O)[O-])cc2)nn1-c1cccc(Cl)c1)N1CCN(C(c2ccccc2)c2ccccc2)CC1. The molecule has 0 N–H and O–H groups in total. The fraction of sp³-hybridized carbons (Fsp3) is 0.152. The summed E-state index contributed by atoms with van der Waals surface area (Å²) < 4.78 is 1.61. The van der Waals surface area contributed by atoms with Crippen molar-refractivity contribution in [1.82, 2.24) is 19.6 Å². The molecule has 42 heavy (non-hydrogen) atoms. The normalized spacial score (nSPS) is 13.8. The first-order valence-corrected chi connectivity index (χ1v) is 14.1. The van der Waals surface area contributed by atoms with Gasteiger partial charge in [-0.15, -0.1) is 0 Å². The summed E-state index contributed by atoms with van der Waals surface area (Å²) in [6.07, 6.45) is 0. The summed E-state index contributed by atoms with van der Waals surface area (Å²) in [5, 5.41) is 16.4. The van der Waals surface area contributed by atoms with E-state index in [-0.39, 0.29) is 17.6 Å². The van der Waals surface area contributed by atoms with E-state index in [1.807, 2.05) is 29.2 Å². The molecule has 4 aromatic carbocycles. The third-order valence-electron chi connectivity index (χ3n) is 7.55. The highest BCUT2D eigenvalue weighted by Crippen LogP contribution is 2.31. The summed E-state index contributed by atoms with van der Waals surface area (Å²) >= 11 is 6.29. The van der Waals surface area contributed by atoms with Gasteiger partial charge in [-0.1, -0.05) is 78.3 Å². The summed E-state index contributed by atoms with van der Waals surface area (Å²) in [5.41, 5.74) is 4.71. The average Bonchev–Trinajstić information content (AvgIpc) is 3.48. The van der Waals surface area contributed by atoms with Crippen molar-refractivity contribution < 1.29 is 9.72 Å². The molecule has 0 unspecified atom stereocenters. The second-order valence-corrected chi connectivity index (χ2v) is 10.6. The number of benzene rings is 4. The van der Waals surface area contributed by atoms with Gasteiger partial charge in [0.1, 0.15) is 5.69 Å². The zero-order valence-corrected chi connectivity index (χ0v) is 23.5. The number of hydrogen-bond donors (Lipinski definition) is 0. The second-order valence-electron chi connectivity index (χ2n) is 10.2. The van der Waals surface area contributed by atoms with Crippen molar-refractivity contribution in [2.45, 2.75) is 6.04 Å². The van der Waals surface area contributed by atoms with Crippen molar-refractivity contribution in [2.75, 3.05) is 26.2 Å². The zero-order chi connectivity index (χ0) is 29.1. The molecule has 0 bridgehead atoms. The number of rotatable bonds is 7. The molecule has 1 aromatic heterocycles. The number of nitrogens with zero attached hydrogens (tertiary/aromatic N) is 5. The molecule has 0 radical (unpaired) electrons. The number of carbonyl (C=O) groups excluding carboxylic acids is 1. The lowest BCUT2D eigenvalue weighted by atomic mass is 9.96. The van der Waals surface area contributed by atoms with Crippen molar-refractivity contribution in [1.29, 1.82) is 0 Å². The lowest BCUT2D eigenvalue weighted by Gasteiger charge is -2.39. The van der Waals surface area contributed by atoms with Crippen LogP contribution in [0.1, 0.15) is 27.7 Å². The summed E-state index contributed by atoms with van der Waals surface area (Å²) in [7, 11) is 0. The van der Waals surface area contributed by atoms with Crippen LogP contribution in [0, 0.1) is 10.1 Å². The highest BCUT2D eigenvalue weighted by atomic mass is 35.5. The Morgan fingerprint density at radius 2 is 1.40 bits per heavy atom. The van der Waals surface area contributed by atoms with Gasteiger partial charge >= 0.3 is 0 Å². The van der Waals surface area contributed by atoms with Gasteiger partial charge in [-0.25, -0.2) is 4.68 Å². The number of nitro benzene ring substituents is 1. The van der Waals surface area contributed by atoms with Crippen molar-refractivity contribution in [2.24, 2.45) is 0 Å². The van der Waals surface area contributed by atoms with Crippen molar-refractivity contribution in [3.8, 4) is 16.9 Å². The van der Waals surface area contributed by atoms with E-state index < -0.39 is 4.92 Å². The Labute approximate surface area is 248 Å². The van der Waals surface area contributed by atoms with Crippen LogP contribution in [0.25, 0.3) is 16.9 Å². The lowest BCUT2D eigenvalue weighted by molar-refractivity contribution is -0.384. The molecule has 1 saturated heterocycles. The number of aromatic nitrogens is 2. The predicted octanol–water partition coefficient (Wildman–Crippen LogP) is 6.65. The van der Waals surface area contributed by atoms with Crippen LogP contribution in [-0.2, 0) is 0 Å². The van der Waals surface area contributed by atoms with E-state index in [1.165, 1.54) is 23.3 Å². The predicted molar refractivity (Wildman–Crippen MR) is 163 cm³/mol. The Bertz CT molecular complexity index is 1660. The van der Waals surface area contributed by atoms with Crippen LogP contribution in [-0.4, -0.2) is 56.6 Å². The third-order valence-corrected chi connectivity index (χ3v) is 7.79. The van der Waals surface area contributed by atoms with Gasteiger partial charge in [0.05, 0.1) is 22.3 Å². The fourth-order valence-electron chi connectivity index (χ4n) is 5.46. The first-order chi connectivity index (χ1) is 20.5. The zero-order valence-electron chi connectivity index (χ0n) is 22.7. The van der Waals surface area contributed by atoms with Crippen LogP contribution in [0.2, 0.25) is 5.02 Å². The molecule has 5 aromatic rings. The first kappa shape index (κ1) is 27.4. The molecule has 0 saturated carbocycles. The molecule has 1 fully saturated rings. The highest BCUT2D eigenvalue weighted by Gasteiger charge is 2.30. The molecule has 0 aliphatic carbocycles. The minimum atomic E-state index is -0.441. The van der Waals surface area contributed by atoms with Gasteiger partial charge < -0.3 is 4.90 Å². The Morgan fingerprint density at radius 3 is 1.98 bits per heavy atom. The summed E-state index contributed by atoms with van der Waals surface area (Å²) in [5.74, 6) is -0.133. The Hall–Kier alpha value is -4.79. The first-order valence-electron chi connectivity index (χ1n) is 13.7. The molecule has 6 rings (SSSR count). The van der Waals surface area contributed by atoms with E-state index >= 15 is 0 Å². The van der Waals surface area contributed by atoms with Gasteiger partial charge in [-0.05, 0) is 47.5 Å². The second kappa shape index (κ2) is 12.0. The van der Waals surface area contributed by atoms with Gasteiger partial charge in [-0.2, -0.15) is 5.10 Å². The molecule has 1 aliphatic rings. The lowest BCUT2D eigenvalue weighted by Crippen LogP contribution is -2.50. The highest BCUT2D eigenvalue weighted by molar-refractivity contribution is 6.30. The fourth-order valence-corrected chi connectivity index (χ4v) is 5.65. The van der Waals surface area contributed by atoms with Crippen LogP contribution in [0.15, 0.2) is 115 Å². The van der Waals surface area contributed by atoms with Gasteiger partial charge in [0, 0.05) is 48.9 Å². The minimum absolute atomic E-state index is 0.00787. The summed E-state index contributed by atoms with van der Waals surface area (Å²) in [6, 6.07) is 36.1. The van der Waals surface area contributed by atoms with E-state index in [9.17, 15) is 14.9 Å². The van der Waals surface area contributed by atoms with Crippen LogP contribution in [0.5, 0.6) is 0 Å². The van der Waals surface area contributed by atoms with E-state index in [2.05, 4.69) is 53.4 Å². The number of amides is 1. The molecular formula is C33H28ClN5O3. The van der Waals surface area contributed by atoms with E-state index in [4.69, 9.17) is 16.7 Å². The van der Waals surface area contributed by atoms with Gasteiger partial charge in [-0.3, -0.25) is 19.8 Å². The molecule has 1 aliphatic heterocycles. The quantitative estimate of drug-likeness (QED) is 0.160. The molecule has 0 spiro atoms. The number of nitro groups is 1. The Balaban J connectivity index is 1.28. The Morgan fingerprint density at radius 1 is 0.786 bits per heavy atom. The number of piperazine rings is 1. The molecular weight excluding hydrogens is 550 g/mol. The van der Waals surface area contributed by atoms with E-state index in [0.717, 1.165) is 0 Å². The maximum Gasteiger partial charge on any atom is 0.272 e. The number of hydrogen-bond acceptors (Lipinski definition) is 5. The molecule has 9 heteroatoms. The largest absolute Gasteiger partial charge is 0.335 e. The van der Waals surface area contributed by atoms with Crippen molar-refractivity contribution in [3.05, 3.63) is 147 Å². The molecule has 8 nitrogen and oxygen atoms in total. The summed E-state index contributed by atoms with van der Waals surface area (Å²) in [4.78, 5) is 29.0. The van der Waals surface area contributed by atoms with Crippen LogP contribution < -0.4 is 0 Å². The number of carbonyl (C=O) groups is 1. The maximum absolute atomic E-state index is 14.0. The molecule has 1 amide bonds. The van der Waals surface area contributed by atoms with Crippen molar-refractivity contribution in [3.63, 3.8) is 0 Å². The number of halogens is 1. The Kier molecular flexibility index (Phi) is 7.81.